The lowest BCUT2D eigenvalue weighted by Crippen LogP contribution is -2.28. The highest BCUT2D eigenvalue weighted by Crippen LogP contribution is 2.47. The molecule has 0 aliphatic carbocycles. The summed E-state index contributed by atoms with van der Waals surface area (Å²) in [4.78, 5) is 0. The largest absolute Gasteiger partial charge is 0.494 e. The maximum atomic E-state index is 10.7. The van der Waals surface area contributed by atoms with Crippen LogP contribution < -0.4 is 4.74 Å². The van der Waals surface area contributed by atoms with Gasteiger partial charge in [-0.05, 0) is 42.7 Å². The molecule has 0 radical (unpaired) electrons. The van der Waals surface area contributed by atoms with Gasteiger partial charge in [-0.3, -0.25) is 4.57 Å². The van der Waals surface area contributed by atoms with Gasteiger partial charge in [0.15, 0.2) is 11.8 Å². The van der Waals surface area contributed by atoms with Gasteiger partial charge in [0.05, 0.1) is 12.6 Å². The smallest absolute Gasteiger partial charge is 0.199 e. The lowest BCUT2D eigenvalue weighted by atomic mass is 10.1. The molecule has 0 saturated carbocycles. The highest BCUT2D eigenvalue weighted by atomic mass is 32.2. The van der Waals surface area contributed by atoms with Crippen molar-refractivity contribution < 1.29 is 19.7 Å². The monoisotopic (exact) mass is 429 g/mol. The Bertz CT molecular complexity index is 964. The third-order valence-electron chi connectivity index (χ3n) is 5.06. The van der Waals surface area contributed by atoms with E-state index in [4.69, 9.17) is 9.47 Å². The van der Waals surface area contributed by atoms with Gasteiger partial charge in [0, 0.05) is 18.2 Å². The molecular weight excluding hydrogens is 406 g/mol. The number of benzene rings is 2. The Morgan fingerprint density at radius 1 is 1.03 bits per heavy atom. The SMILES string of the molecule is Oc1cc(C(S)(S)C2CCCO2)c(O)n1Cc1ccc(Oc2ccccc2)cc1. The third kappa shape index (κ3) is 4.22. The van der Waals surface area contributed by atoms with Gasteiger partial charge in [0.1, 0.15) is 15.6 Å². The van der Waals surface area contributed by atoms with Crippen molar-refractivity contribution in [3.05, 3.63) is 71.8 Å². The van der Waals surface area contributed by atoms with Gasteiger partial charge < -0.3 is 19.7 Å². The second kappa shape index (κ2) is 8.26. The van der Waals surface area contributed by atoms with Gasteiger partial charge >= 0.3 is 0 Å². The molecule has 1 aromatic heterocycles. The molecule has 5 nitrogen and oxygen atoms in total. The molecule has 1 saturated heterocycles. The molecule has 0 bridgehead atoms. The van der Waals surface area contributed by atoms with Crippen LogP contribution in [0.2, 0.25) is 0 Å². The number of thiol groups is 2. The minimum Gasteiger partial charge on any atom is -0.494 e. The van der Waals surface area contributed by atoms with E-state index in [0.29, 0.717) is 24.5 Å². The Hall–Kier alpha value is -2.22. The van der Waals surface area contributed by atoms with Gasteiger partial charge in [0.25, 0.3) is 0 Å². The first-order chi connectivity index (χ1) is 13.9. The van der Waals surface area contributed by atoms with Crippen LogP contribution in [0, 0.1) is 0 Å². The van der Waals surface area contributed by atoms with Crippen LogP contribution in [-0.2, 0) is 15.4 Å². The number of hydrogen-bond acceptors (Lipinski definition) is 6. The lowest BCUT2D eigenvalue weighted by Gasteiger charge is -2.28. The van der Waals surface area contributed by atoms with Gasteiger partial charge in [-0.2, -0.15) is 25.3 Å². The quantitative estimate of drug-likeness (QED) is 0.331. The van der Waals surface area contributed by atoms with Crippen LogP contribution in [0.15, 0.2) is 60.7 Å². The number of nitrogens with zero attached hydrogens (tertiary/aromatic N) is 1. The standard InChI is InChI=1S/C22H23NO4S2/c24-20-13-18(22(28,29)19-7-4-12-26-19)21(25)23(20)14-15-8-10-17(11-9-15)27-16-5-2-1-3-6-16/h1-3,5-6,8-11,13,19,24-25,28-29H,4,7,12,14H2. The topological polar surface area (TPSA) is 63.8 Å². The van der Waals surface area contributed by atoms with E-state index in [2.05, 4.69) is 25.3 Å². The van der Waals surface area contributed by atoms with E-state index in [1.807, 2.05) is 54.6 Å². The molecule has 4 rings (SSSR count). The Balaban J connectivity index is 1.51. The summed E-state index contributed by atoms with van der Waals surface area (Å²) < 4.78 is 11.9. The van der Waals surface area contributed by atoms with E-state index in [9.17, 15) is 10.2 Å². The number of para-hydroxylation sites is 1. The molecular formula is C22H23NO4S2. The lowest BCUT2D eigenvalue weighted by molar-refractivity contribution is 0.101. The van der Waals surface area contributed by atoms with E-state index in [0.717, 1.165) is 24.2 Å². The van der Waals surface area contributed by atoms with Crippen molar-refractivity contribution in [2.75, 3.05) is 6.61 Å². The number of aromatic nitrogens is 1. The summed E-state index contributed by atoms with van der Waals surface area (Å²) in [5.41, 5.74) is 1.34. The normalized spacial score (nSPS) is 16.8. The zero-order valence-electron chi connectivity index (χ0n) is 15.7. The van der Waals surface area contributed by atoms with Crippen molar-refractivity contribution in [2.45, 2.75) is 29.6 Å². The molecule has 3 aromatic rings. The molecule has 1 atom stereocenters. The molecule has 2 N–H and O–H groups in total. The van der Waals surface area contributed by atoms with E-state index < -0.39 is 4.08 Å². The Labute approximate surface area is 180 Å². The van der Waals surface area contributed by atoms with Gasteiger partial charge in [-0.25, -0.2) is 0 Å². The highest BCUT2D eigenvalue weighted by molar-refractivity contribution is 7.99. The first-order valence-electron chi connectivity index (χ1n) is 9.45. The highest BCUT2D eigenvalue weighted by Gasteiger charge is 2.40. The Kier molecular flexibility index (Phi) is 5.72. The molecule has 2 aromatic carbocycles. The molecule has 0 amide bonds. The van der Waals surface area contributed by atoms with E-state index >= 15 is 0 Å². The van der Waals surface area contributed by atoms with Crippen molar-refractivity contribution >= 4 is 25.3 Å². The Morgan fingerprint density at radius 2 is 1.72 bits per heavy atom. The molecule has 1 aliphatic heterocycles. The number of rotatable bonds is 6. The van der Waals surface area contributed by atoms with Gasteiger partial charge in [-0.1, -0.05) is 30.3 Å². The Morgan fingerprint density at radius 3 is 2.38 bits per heavy atom. The maximum Gasteiger partial charge on any atom is 0.199 e. The predicted octanol–water partition coefficient (Wildman–Crippen LogP) is 4.93. The molecule has 29 heavy (non-hydrogen) atoms. The average molecular weight is 430 g/mol. The van der Waals surface area contributed by atoms with E-state index in [1.165, 1.54) is 10.6 Å². The summed E-state index contributed by atoms with van der Waals surface area (Å²) in [6, 6.07) is 18.5. The van der Waals surface area contributed by atoms with Crippen LogP contribution in [0.5, 0.6) is 23.3 Å². The van der Waals surface area contributed by atoms with Crippen molar-refractivity contribution in [2.24, 2.45) is 0 Å². The minimum absolute atomic E-state index is 0.0485. The number of aromatic hydroxyl groups is 2. The van der Waals surface area contributed by atoms with Crippen LogP contribution in [0.25, 0.3) is 0 Å². The third-order valence-corrected chi connectivity index (χ3v) is 6.12. The van der Waals surface area contributed by atoms with Crippen molar-refractivity contribution in [3.63, 3.8) is 0 Å². The summed E-state index contributed by atoms with van der Waals surface area (Å²) in [6.07, 6.45) is 1.50. The molecule has 2 heterocycles. The van der Waals surface area contributed by atoms with Gasteiger partial charge in [-0.15, -0.1) is 0 Å². The molecule has 1 unspecified atom stereocenters. The van der Waals surface area contributed by atoms with Crippen molar-refractivity contribution in [1.82, 2.24) is 4.57 Å². The number of hydrogen-bond donors (Lipinski definition) is 4. The zero-order chi connectivity index (χ0) is 20.4. The van der Waals surface area contributed by atoms with Crippen molar-refractivity contribution in [3.8, 4) is 23.3 Å². The summed E-state index contributed by atoms with van der Waals surface area (Å²) >= 11 is 9.25. The van der Waals surface area contributed by atoms with Crippen LogP contribution in [-0.4, -0.2) is 27.5 Å². The fourth-order valence-corrected chi connectivity index (χ4v) is 4.23. The fourth-order valence-electron chi connectivity index (χ4n) is 3.49. The number of ether oxygens (including phenoxy) is 2. The molecule has 0 spiro atoms. The van der Waals surface area contributed by atoms with Gasteiger partial charge in [0.2, 0.25) is 0 Å². The van der Waals surface area contributed by atoms with E-state index in [1.54, 1.807) is 0 Å². The maximum absolute atomic E-state index is 10.7. The minimum atomic E-state index is -0.989. The second-order valence-corrected chi connectivity index (χ2v) is 8.88. The van der Waals surface area contributed by atoms with Crippen LogP contribution in [0.4, 0.5) is 0 Å². The summed E-state index contributed by atoms with van der Waals surface area (Å²) in [7, 11) is 0. The van der Waals surface area contributed by atoms with Crippen molar-refractivity contribution in [1.29, 1.82) is 0 Å². The van der Waals surface area contributed by atoms with Crippen LogP contribution >= 0.6 is 25.3 Å². The molecule has 152 valence electrons. The molecule has 7 heteroatoms. The molecule has 1 fully saturated rings. The van der Waals surface area contributed by atoms with E-state index in [-0.39, 0.29) is 17.9 Å². The second-order valence-electron chi connectivity index (χ2n) is 7.11. The predicted molar refractivity (Wildman–Crippen MR) is 118 cm³/mol. The first-order valence-corrected chi connectivity index (χ1v) is 10.3. The summed E-state index contributed by atoms with van der Waals surface area (Å²) in [5, 5.41) is 21.1. The molecule has 1 aliphatic rings. The fraction of sp³-hybridized carbons (Fsp3) is 0.273. The average Bonchev–Trinajstić information content (AvgIpc) is 3.35. The first kappa shape index (κ1) is 20.1. The van der Waals surface area contributed by atoms with Crippen LogP contribution in [0.3, 0.4) is 0 Å². The summed E-state index contributed by atoms with van der Waals surface area (Å²) in [5.74, 6) is 1.36. The zero-order valence-corrected chi connectivity index (χ0v) is 17.5. The summed E-state index contributed by atoms with van der Waals surface area (Å²) in [6.45, 7) is 0.949. The van der Waals surface area contributed by atoms with Crippen LogP contribution in [0.1, 0.15) is 24.0 Å².